The molecule has 3 atom stereocenters. The molecule has 0 heterocycles. The molecule has 2 nitrogen and oxygen atoms in total. The Morgan fingerprint density at radius 2 is 1.94 bits per heavy atom. The van der Waals surface area contributed by atoms with Crippen molar-refractivity contribution in [3.05, 3.63) is 0 Å². The summed E-state index contributed by atoms with van der Waals surface area (Å²) in [6, 6.07) is 0.769. The fourth-order valence-electron chi connectivity index (χ4n) is 3.17. The molecule has 1 rings (SSSR count). The number of rotatable bonds is 7. The molecule has 0 aromatic rings. The Bertz CT molecular complexity index is 191. The van der Waals surface area contributed by atoms with Crippen LogP contribution in [0.1, 0.15) is 52.9 Å². The van der Waals surface area contributed by atoms with Crippen LogP contribution in [-0.2, 0) is 0 Å². The summed E-state index contributed by atoms with van der Waals surface area (Å²) in [5, 5.41) is 3.76. The van der Waals surface area contributed by atoms with Crippen molar-refractivity contribution in [2.75, 3.05) is 26.7 Å². The van der Waals surface area contributed by atoms with Gasteiger partial charge in [0, 0.05) is 12.6 Å². The van der Waals surface area contributed by atoms with E-state index in [1.54, 1.807) is 0 Å². The first-order valence-corrected chi connectivity index (χ1v) is 7.59. The van der Waals surface area contributed by atoms with Crippen LogP contribution in [0.3, 0.4) is 0 Å². The Morgan fingerprint density at radius 3 is 2.59 bits per heavy atom. The third-order valence-electron chi connectivity index (χ3n) is 4.05. The summed E-state index contributed by atoms with van der Waals surface area (Å²) in [6.07, 6.45) is 6.73. The van der Waals surface area contributed by atoms with Crippen LogP contribution >= 0.6 is 0 Å². The monoisotopic (exact) mass is 240 g/mol. The highest BCUT2D eigenvalue weighted by Gasteiger charge is 2.28. The largest absolute Gasteiger partial charge is 0.314 e. The molecule has 0 amide bonds. The van der Waals surface area contributed by atoms with Gasteiger partial charge in [-0.2, -0.15) is 0 Å². The molecule has 3 unspecified atom stereocenters. The second-order valence-electron chi connectivity index (χ2n) is 6.00. The first-order valence-electron chi connectivity index (χ1n) is 7.59. The number of nitrogens with zero attached hydrogens (tertiary/aromatic N) is 1. The zero-order valence-electron chi connectivity index (χ0n) is 12.3. The Labute approximate surface area is 108 Å². The first kappa shape index (κ1) is 15.0. The van der Waals surface area contributed by atoms with Crippen LogP contribution < -0.4 is 5.32 Å². The quantitative estimate of drug-likeness (QED) is 0.735. The van der Waals surface area contributed by atoms with E-state index < -0.39 is 0 Å². The van der Waals surface area contributed by atoms with Crippen LogP contribution in [0.4, 0.5) is 0 Å². The van der Waals surface area contributed by atoms with Crippen LogP contribution in [0.25, 0.3) is 0 Å². The highest BCUT2D eigenvalue weighted by atomic mass is 15.1. The molecule has 1 aliphatic rings. The first-order chi connectivity index (χ1) is 8.17. The molecule has 102 valence electrons. The van der Waals surface area contributed by atoms with Gasteiger partial charge >= 0.3 is 0 Å². The third kappa shape index (κ3) is 5.39. The summed E-state index contributed by atoms with van der Waals surface area (Å²) in [5.41, 5.74) is 0. The SMILES string of the molecule is CCCNC1CCC(C)CC1CN(C)CCC. The van der Waals surface area contributed by atoms with E-state index in [0.29, 0.717) is 0 Å². The summed E-state index contributed by atoms with van der Waals surface area (Å²) in [7, 11) is 2.28. The van der Waals surface area contributed by atoms with Crippen molar-refractivity contribution in [2.45, 2.75) is 58.9 Å². The molecule has 0 aliphatic heterocycles. The van der Waals surface area contributed by atoms with Crippen LogP contribution in [0, 0.1) is 11.8 Å². The van der Waals surface area contributed by atoms with Crippen molar-refractivity contribution >= 4 is 0 Å². The summed E-state index contributed by atoms with van der Waals surface area (Å²) < 4.78 is 0. The predicted octanol–water partition coefficient (Wildman–Crippen LogP) is 3.13. The Hall–Kier alpha value is -0.0800. The zero-order chi connectivity index (χ0) is 12.7. The van der Waals surface area contributed by atoms with Crippen molar-refractivity contribution in [1.29, 1.82) is 0 Å². The van der Waals surface area contributed by atoms with Crippen molar-refractivity contribution in [2.24, 2.45) is 11.8 Å². The topological polar surface area (TPSA) is 15.3 Å². The van der Waals surface area contributed by atoms with Crippen LogP contribution in [0.5, 0.6) is 0 Å². The molecule has 0 bridgehead atoms. The van der Waals surface area contributed by atoms with E-state index in [2.05, 4.69) is 38.0 Å². The van der Waals surface area contributed by atoms with Crippen LogP contribution in [0.2, 0.25) is 0 Å². The molecule has 0 aromatic heterocycles. The summed E-state index contributed by atoms with van der Waals surface area (Å²) in [4.78, 5) is 2.52. The number of hydrogen-bond donors (Lipinski definition) is 1. The smallest absolute Gasteiger partial charge is 0.0108 e. The molecule has 2 heteroatoms. The van der Waals surface area contributed by atoms with Gasteiger partial charge in [0.2, 0.25) is 0 Å². The normalized spacial score (nSPS) is 29.8. The van der Waals surface area contributed by atoms with Gasteiger partial charge in [-0.25, -0.2) is 0 Å². The summed E-state index contributed by atoms with van der Waals surface area (Å²) in [5.74, 6) is 1.79. The average Bonchev–Trinajstić information content (AvgIpc) is 2.28. The lowest BCUT2D eigenvalue weighted by atomic mass is 9.78. The molecule has 1 aliphatic carbocycles. The Morgan fingerprint density at radius 1 is 1.18 bits per heavy atom. The zero-order valence-corrected chi connectivity index (χ0v) is 12.3. The van der Waals surface area contributed by atoms with Gasteiger partial charge in [0.25, 0.3) is 0 Å². The lowest BCUT2D eigenvalue weighted by Crippen LogP contribution is -2.45. The molecule has 0 aromatic carbocycles. The summed E-state index contributed by atoms with van der Waals surface area (Å²) in [6.45, 7) is 10.7. The van der Waals surface area contributed by atoms with Gasteiger partial charge in [-0.1, -0.05) is 20.8 Å². The van der Waals surface area contributed by atoms with Crippen LogP contribution in [-0.4, -0.2) is 37.6 Å². The van der Waals surface area contributed by atoms with Gasteiger partial charge in [-0.15, -0.1) is 0 Å². The van der Waals surface area contributed by atoms with Crippen molar-refractivity contribution in [3.8, 4) is 0 Å². The lowest BCUT2D eigenvalue weighted by molar-refractivity contribution is 0.160. The van der Waals surface area contributed by atoms with Crippen molar-refractivity contribution in [1.82, 2.24) is 10.2 Å². The van der Waals surface area contributed by atoms with Gasteiger partial charge < -0.3 is 10.2 Å². The molecule has 0 spiro atoms. The summed E-state index contributed by atoms with van der Waals surface area (Å²) >= 11 is 0. The maximum atomic E-state index is 3.76. The molecule has 0 radical (unpaired) electrons. The van der Waals surface area contributed by atoms with Crippen molar-refractivity contribution < 1.29 is 0 Å². The average molecular weight is 240 g/mol. The van der Waals surface area contributed by atoms with E-state index in [9.17, 15) is 0 Å². The number of nitrogens with one attached hydrogen (secondary N) is 1. The fraction of sp³-hybridized carbons (Fsp3) is 1.00. The highest BCUT2D eigenvalue weighted by Crippen LogP contribution is 2.29. The second kappa shape index (κ2) is 8.10. The molecule has 1 saturated carbocycles. The van der Waals surface area contributed by atoms with Gasteiger partial charge in [0.05, 0.1) is 0 Å². The minimum absolute atomic E-state index is 0.769. The molecular formula is C15H32N2. The predicted molar refractivity (Wildman–Crippen MR) is 76.4 cm³/mol. The van der Waals surface area contributed by atoms with Gasteiger partial charge in [0.15, 0.2) is 0 Å². The van der Waals surface area contributed by atoms with E-state index >= 15 is 0 Å². The minimum atomic E-state index is 0.769. The third-order valence-corrected chi connectivity index (χ3v) is 4.05. The highest BCUT2D eigenvalue weighted by molar-refractivity contribution is 4.85. The Balaban J connectivity index is 2.43. The van der Waals surface area contributed by atoms with E-state index in [1.807, 2.05) is 0 Å². The Kier molecular flexibility index (Phi) is 7.14. The molecule has 1 fully saturated rings. The molecule has 1 N–H and O–H groups in total. The molecular weight excluding hydrogens is 208 g/mol. The molecule has 17 heavy (non-hydrogen) atoms. The standard InChI is InChI=1S/C15H32N2/c1-5-9-16-15-8-7-13(3)11-14(15)12-17(4)10-6-2/h13-16H,5-12H2,1-4H3. The van der Waals surface area contributed by atoms with E-state index in [4.69, 9.17) is 0 Å². The van der Waals surface area contributed by atoms with Crippen molar-refractivity contribution in [3.63, 3.8) is 0 Å². The van der Waals surface area contributed by atoms with E-state index in [1.165, 1.54) is 51.7 Å². The van der Waals surface area contributed by atoms with Gasteiger partial charge in [-0.05, 0) is 64.1 Å². The van der Waals surface area contributed by atoms with E-state index in [0.717, 1.165) is 17.9 Å². The van der Waals surface area contributed by atoms with Crippen LogP contribution in [0.15, 0.2) is 0 Å². The number of hydrogen-bond acceptors (Lipinski definition) is 2. The molecule has 0 saturated heterocycles. The lowest BCUT2D eigenvalue weighted by Gasteiger charge is -2.37. The second-order valence-corrected chi connectivity index (χ2v) is 6.00. The maximum Gasteiger partial charge on any atom is 0.0108 e. The van der Waals surface area contributed by atoms with Gasteiger partial charge in [-0.3, -0.25) is 0 Å². The van der Waals surface area contributed by atoms with E-state index in [-0.39, 0.29) is 0 Å². The minimum Gasteiger partial charge on any atom is -0.314 e. The maximum absolute atomic E-state index is 3.76. The fourth-order valence-corrected chi connectivity index (χ4v) is 3.17. The van der Waals surface area contributed by atoms with Gasteiger partial charge in [0.1, 0.15) is 0 Å².